The molecule has 0 spiro atoms. The van der Waals surface area contributed by atoms with Crippen LogP contribution in [-0.4, -0.2) is 67.9 Å². The molecule has 7 nitrogen and oxygen atoms in total. The second-order valence-electron chi connectivity index (χ2n) is 8.78. The molecule has 0 radical (unpaired) electrons. The van der Waals surface area contributed by atoms with Gasteiger partial charge in [-0.15, -0.1) is 0 Å². The van der Waals surface area contributed by atoms with Gasteiger partial charge in [-0.25, -0.2) is 4.98 Å². The average Bonchev–Trinajstić information content (AvgIpc) is 3.43. The quantitative estimate of drug-likeness (QED) is 0.748. The van der Waals surface area contributed by atoms with Crippen molar-refractivity contribution in [2.24, 2.45) is 0 Å². The first kappa shape index (κ1) is 21.5. The molecular formula is C21H22ClF3N4O3. The Balaban J connectivity index is 1.44. The van der Waals surface area contributed by atoms with Gasteiger partial charge in [0, 0.05) is 19.3 Å². The molecule has 1 N–H and O–H groups in total. The maximum Gasteiger partial charge on any atom is 0.419 e. The standard InChI is InChI=1S/C21H22ClF3N4O3/c22-18-17(20(32)27-6-7-28(16(31)10-27)14-2-1-3-15(14)30)26-19-13(21(23,24)25)8-12(9-29(18)19)11-4-5-11/h8-9,11,14-15,30H,1-7,10H2/t14-,15-/m0/s1. The summed E-state index contributed by atoms with van der Waals surface area (Å²) < 4.78 is 42.2. The van der Waals surface area contributed by atoms with Crippen LogP contribution >= 0.6 is 11.6 Å². The third-order valence-electron chi connectivity index (χ3n) is 6.63. The molecule has 2 aliphatic carbocycles. The number of hydrogen-bond acceptors (Lipinski definition) is 4. The van der Waals surface area contributed by atoms with Crippen LogP contribution < -0.4 is 0 Å². The molecule has 2 aromatic rings. The molecule has 0 unspecified atom stereocenters. The van der Waals surface area contributed by atoms with Gasteiger partial charge >= 0.3 is 6.18 Å². The minimum atomic E-state index is -4.65. The Labute approximate surface area is 186 Å². The molecule has 3 aliphatic rings. The molecule has 32 heavy (non-hydrogen) atoms. The second-order valence-corrected chi connectivity index (χ2v) is 9.14. The van der Waals surface area contributed by atoms with Gasteiger partial charge in [-0.2, -0.15) is 13.2 Å². The summed E-state index contributed by atoms with van der Waals surface area (Å²) in [5.74, 6) is -0.933. The summed E-state index contributed by atoms with van der Waals surface area (Å²) >= 11 is 6.34. The third-order valence-corrected chi connectivity index (χ3v) is 6.99. The number of pyridine rings is 1. The number of aliphatic hydroxyl groups excluding tert-OH is 1. The number of alkyl halides is 3. The third kappa shape index (κ3) is 3.63. The van der Waals surface area contributed by atoms with Crippen molar-refractivity contribution in [1.82, 2.24) is 19.2 Å². The zero-order valence-corrected chi connectivity index (χ0v) is 17.9. The van der Waals surface area contributed by atoms with Gasteiger partial charge in [0.2, 0.25) is 5.91 Å². The Kier molecular flexibility index (Phi) is 5.12. The number of fused-ring (bicyclic) bond motifs is 1. The molecular weight excluding hydrogens is 449 g/mol. The minimum Gasteiger partial charge on any atom is -0.391 e. The van der Waals surface area contributed by atoms with E-state index in [2.05, 4.69) is 4.98 Å². The summed E-state index contributed by atoms with van der Waals surface area (Å²) in [6, 6.07) is 0.827. The van der Waals surface area contributed by atoms with Crippen LogP contribution in [-0.2, 0) is 11.0 Å². The molecule has 1 saturated heterocycles. The van der Waals surface area contributed by atoms with Gasteiger partial charge in [0.15, 0.2) is 11.3 Å². The van der Waals surface area contributed by atoms with E-state index in [0.29, 0.717) is 18.4 Å². The van der Waals surface area contributed by atoms with E-state index >= 15 is 0 Å². The smallest absolute Gasteiger partial charge is 0.391 e. The van der Waals surface area contributed by atoms with Crippen molar-refractivity contribution >= 4 is 29.1 Å². The molecule has 3 fully saturated rings. The Hall–Kier alpha value is -2.33. The van der Waals surface area contributed by atoms with Crippen LogP contribution in [0.3, 0.4) is 0 Å². The lowest BCUT2D eigenvalue weighted by Gasteiger charge is -2.38. The molecule has 172 valence electrons. The number of piperazine rings is 1. The van der Waals surface area contributed by atoms with Crippen molar-refractivity contribution in [3.05, 3.63) is 34.2 Å². The zero-order valence-electron chi connectivity index (χ0n) is 17.1. The van der Waals surface area contributed by atoms with E-state index in [4.69, 9.17) is 11.6 Å². The highest BCUT2D eigenvalue weighted by molar-refractivity contribution is 6.33. The van der Waals surface area contributed by atoms with Gasteiger partial charge in [-0.3, -0.25) is 14.0 Å². The number of hydrogen-bond donors (Lipinski definition) is 1. The number of halogens is 4. The van der Waals surface area contributed by atoms with Crippen molar-refractivity contribution < 1.29 is 27.9 Å². The fourth-order valence-corrected chi connectivity index (χ4v) is 5.02. The summed E-state index contributed by atoms with van der Waals surface area (Å²) in [6.07, 6.45) is 0.0894. The Morgan fingerprint density at radius 3 is 2.53 bits per heavy atom. The summed E-state index contributed by atoms with van der Waals surface area (Å²) in [5.41, 5.74) is -1.14. The maximum absolute atomic E-state index is 13.7. The first-order chi connectivity index (χ1) is 15.1. The first-order valence-corrected chi connectivity index (χ1v) is 11.1. The number of carbonyl (C=O) groups excluding carboxylic acids is 2. The fraction of sp³-hybridized carbons (Fsp3) is 0.571. The van der Waals surface area contributed by atoms with Crippen LogP contribution in [0.2, 0.25) is 5.15 Å². The largest absolute Gasteiger partial charge is 0.419 e. The molecule has 0 bridgehead atoms. The number of aromatic nitrogens is 2. The summed E-state index contributed by atoms with van der Waals surface area (Å²) in [6.45, 7) is 0.208. The lowest BCUT2D eigenvalue weighted by Crippen LogP contribution is -2.57. The van der Waals surface area contributed by atoms with Crippen LogP contribution in [0.15, 0.2) is 12.3 Å². The number of rotatable bonds is 3. The zero-order chi connectivity index (χ0) is 22.8. The molecule has 3 heterocycles. The number of aliphatic hydroxyl groups is 1. The molecule has 2 amide bonds. The molecule has 1 aliphatic heterocycles. The second kappa shape index (κ2) is 7.62. The highest BCUT2D eigenvalue weighted by Gasteiger charge is 2.40. The predicted octanol–water partition coefficient (Wildman–Crippen LogP) is 3.08. The molecule has 11 heteroatoms. The lowest BCUT2D eigenvalue weighted by atomic mass is 10.1. The minimum absolute atomic E-state index is 0.0507. The number of nitrogens with zero attached hydrogens (tertiary/aromatic N) is 4. The predicted molar refractivity (Wildman–Crippen MR) is 108 cm³/mol. The molecule has 2 saturated carbocycles. The van der Waals surface area contributed by atoms with Crippen molar-refractivity contribution in [2.45, 2.75) is 56.3 Å². The van der Waals surface area contributed by atoms with E-state index in [-0.39, 0.29) is 48.3 Å². The SMILES string of the molecule is O=C(c1nc2c(C(F)(F)F)cc(C3CC3)cn2c1Cl)N1CCN([C@H]2CCC[C@@H]2O)C(=O)C1. The van der Waals surface area contributed by atoms with E-state index < -0.39 is 29.4 Å². The van der Waals surface area contributed by atoms with Crippen molar-refractivity contribution in [2.75, 3.05) is 19.6 Å². The first-order valence-electron chi connectivity index (χ1n) is 10.7. The summed E-state index contributed by atoms with van der Waals surface area (Å²) in [7, 11) is 0. The molecule has 2 aromatic heterocycles. The van der Waals surface area contributed by atoms with E-state index in [1.54, 1.807) is 4.90 Å². The molecule has 0 aromatic carbocycles. The van der Waals surface area contributed by atoms with Crippen LogP contribution in [0.4, 0.5) is 13.2 Å². The molecule has 2 atom stereocenters. The van der Waals surface area contributed by atoms with E-state index in [9.17, 15) is 27.9 Å². The topological polar surface area (TPSA) is 78.2 Å². The van der Waals surface area contributed by atoms with Crippen molar-refractivity contribution in [3.63, 3.8) is 0 Å². The van der Waals surface area contributed by atoms with Gasteiger partial charge in [0.1, 0.15) is 11.7 Å². The highest BCUT2D eigenvalue weighted by atomic mass is 35.5. The number of amides is 2. The highest BCUT2D eigenvalue weighted by Crippen LogP contribution is 2.43. The van der Waals surface area contributed by atoms with E-state index in [1.807, 2.05) is 0 Å². The van der Waals surface area contributed by atoms with Gasteiger partial charge in [0.25, 0.3) is 5.91 Å². The van der Waals surface area contributed by atoms with Gasteiger partial charge in [-0.1, -0.05) is 11.6 Å². The van der Waals surface area contributed by atoms with Gasteiger partial charge in [-0.05, 0) is 49.7 Å². The monoisotopic (exact) mass is 470 g/mol. The normalized spacial score (nSPS) is 24.6. The van der Waals surface area contributed by atoms with Gasteiger partial charge in [0.05, 0.1) is 17.7 Å². The Morgan fingerprint density at radius 2 is 1.94 bits per heavy atom. The van der Waals surface area contributed by atoms with Crippen molar-refractivity contribution in [1.29, 1.82) is 0 Å². The van der Waals surface area contributed by atoms with Crippen molar-refractivity contribution in [3.8, 4) is 0 Å². The Morgan fingerprint density at radius 1 is 1.19 bits per heavy atom. The van der Waals surface area contributed by atoms with E-state index in [1.165, 1.54) is 11.1 Å². The number of imidazole rings is 1. The maximum atomic E-state index is 13.7. The lowest BCUT2D eigenvalue weighted by molar-refractivity contribution is -0.139. The van der Waals surface area contributed by atoms with E-state index in [0.717, 1.165) is 29.7 Å². The van der Waals surface area contributed by atoms with Crippen LogP contribution in [0, 0.1) is 0 Å². The fourth-order valence-electron chi connectivity index (χ4n) is 4.77. The van der Waals surface area contributed by atoms with Crippen LogP contribution in [0.1, 0.15) is 59.6 Å². The average molecular weight is 471 g/mol. The van der Waals surface area contributed by atoms with Crippen LogP contribution in [0.5, 0.6) is 0 Å². The summed E-state index contributed by atoms with van der Waals surface area (Å²) in [5, 5.41) is 9.89. The van der Waals surface area contributed by atoms with Gasteiger partial charge < -0.3 is 14.9 Å². The summed E-state index contributed by atoms with van der Waals surface area (Å²) in [4.78, 5) is 32.5. The Bertz CT molecular complexity index is 1100. The molecule has 5 rings (SSSR count). The number of carbonyl (C=O) groups is 2. The van der Waals surface area contributed by atoms with Crippen LogP contribution in [0.25, 0.3) is 5.65 Å².